The highest BCUT2D eigenvalue weighted by atomic mass is 19.4. The summed E-state index contributed by atoms with van der Waals surface area (Å²) >= 11 is 0. The molecule has 0 aromatic carbocycles. The van der Waals surface area contributed by atoms with Crippen LogP contribution in [0, 0.1) is 0 Å². The van der Waals surface area contributed by atoms with Crippen LogP contribution in [-0.2, 0) is 11.2 Å². The molecule has 150 valence electrons. The van der Waals surface area contributed by atoms with Crippen LogP contribution in [0.4, 0.5) is 19.0 Å². The minimum absolute atomic E-state index is 0.103. The number of pyridine rings is 1. The monoisotopic (exact) mass is 398 g/mol. The molecule has 1 unspecified atom stereocenters. The molecule has 0 bridgehead atoms. The van der Waals surface area contributed by atoms with Crippen molar-refractivity contribution in [3.05, 3.63) is 41.3 Å². The van der Waals surface area contributed by atoms with E-state index in [0.29, 0.717) is 0 Å². The van der Waals surface area contributed by atoms with Gasteiger partial charge in [-0.25, -0.2) is 14.6 Å². The zero-order chi connectivity index (χ0) is 20.5. The van der Waals surface area contributed by atoms with E-state index >= 15 is 0 Å². The predicted molar refractivity (Wildman–Crippen MR) is 90.4 cm³/mol. The first-order valence-electron chi connectivity index (χ1n) is 8.48. The average molecular weight is 398 g/mol. The Morgan fingerprint density at radius 3 is 2.36 bits per heavy atom. The molecule has 2 aliphatic rings. The van der Waals surface area contributed by atoms with Gasteiger partial charge >= 0.3 is 18.1 Å². The Morgan fingerprint density at radius 1 is 1.18 bits per heavy atom. The molecule has 11 heteroatoms. The van der Waals surface area contributed by atoms with E-state index in [2.05, 4.69) is 21.0 Å². The van der Waals surface area contributed by atoms with Crippen LogP contribution in [0.2, 0.25) is 0 Å². The highest BCUT2D eigenvalue weighted by molar-refractivity contribution is 5.86. The summed E-state index contributed by atoms with van der Waals surface area (Å²) in [5.41, 5.74) is 2.71. The van der Waals surface area contributed by atoms with Gasteiger partial charge in [-0.05, 0) is 36.5 Å². The van der Waals surface area contributed by atoms with E-state index in [1.807, 2.05) is 6.20 Å². The number of fused-ring (bicyclic) bond motifs is 1. The fraction of sp³-hybridized carbons (Fsp3) is 0.412. The molecule has 0 radical (unpaired) electrons. The number of halogens is 3. The third-order valence-corrected chi connectivity index (χ3v) is 4.65. The molecule has 1 saturated heterocycles. The number of aryl methyl sites for hydroxylation is 1. The number of alkyl halides is 3. The number of anilines is 1. The van der Waals surface area contributed by atoms with E-state index in [-0.39, 0.29) is 11.6 Å². The lowest BCUT2D eigenvalue weighted by Gasteiger charge is -2.32. The number of aliphatic carboxylic acids is 1. The standard InChI is InChI=1S/C15H16N4O2.C2HF3O2/c20-15(21)11-7-17-19(9-11)13-3-2-10-6-14(16-8-12(10)13)18-4-1-5-18;3-2(4,5)1(6)7/h6-9,13H,1-5H2,(H,20,21);(H,6,7). The van der Waals surface area contributed by atoms with E-state index in [1.165, 1.54) is 23.7 Å². The molecular formula is C17H17F3N4O4. The van der Waals surface area contributed by atoms with Gasteiger partial charge in [0.05, 0.1) is 17.8 Å². The first kappa shape index (κ1) is 19.6. The van der Waals surface area contributed by atoms with E-state index in [1.54, 1.807) is 10.9 Å². The second-order valence-corrected chi connectivity index (χ2v) is 6.45. The van der Waals surface area contributed by atoms with Crippen molar-refractivity contribution in [1.82, 2.24) is 14.8 Å². The summed E-state index contributed by atoms with van der Waals surface area (Å²) < 4.78 is 33.5. The first-order chi connectivity index (χ1) is 13.2. The minimum atomic E-state index is -5.08. The topological polar surface area (TPSA) is 109 Å². The van der Waals surface area contributed by atoms with Crippen molar-refractivity contribution in [2.45, 2.75) is 31.5 Å². The van der Waals surface area contributed by atoms with E-state index in [4.69, 9.17) is 15.0 Å². The van der Waals surface area contributed by atoms with Crippen molar-refractivity contribution < 1.29 is 33.0 Å². The molecule has 8 nitrogen and oxygen atoms in total. The normalized spacial score (nSPS) is 18.0. The average Bonchev–Trinajstić information content (AvgIpc) is 3.19. The maximum absolute atomic E-state index is 11.0. The minimum Gasteiger partial charge on any atom is -0.478 e. The zero-order valence-corrected chi connectivity index (χ0v) is 14.6. The van der Waals surface area contributed by atoms with Crippen molar-refractivity contribution in [3.8, 4) is 0 Å². The number of rotatable bonds is 3. The highest BCUT2D eigenvalue weighted by Gasteiger charge is 2.38. The van der Waals surface area contributed by atoms with Crippen molar-refractivity contribution >= 4 is 17.8 Å². The molecule has 3 heterocycles. The van der Waals surface area contributed by atoms with Crippen molar-refractivity contribution in [2.75, 3.05) is 18.0 Å². The molecule has 0 saturated carbocycles. The SMILES string of the molecule is O=C(O)C(F)(F)F.O=C(O)c1cnn(C2CCc3cc(N4CCC4)ncc32)c1. The number of hydrogen-bond acceptors (Lipinski definition) is 5. The summed E-state index contributed by atoms with van der Waals surface area (Å²) in [6, 6.07) is 2.28. The third kappa shape index (κ3) is 4.07. The van der Waals surface area contributed by atoms with Crippen LogP contribution in [0.15, 0.2) is 24.7 Å². The van der Waals surface area contributed by atoms with Gasteiger partial charge in [-0.3, -0.25) is 4.68 Å². The second-order valence-electron chi connectivity index (χ2n) is 6.45. The van der Waals surface area contributed by atoms with Crippen LogP contribution in [-0.4, -0.2) is 56.2 Å². The van der Waals surface area contributed by atoms with Crippen LogP contribution < -0.4 is 4.90 Å². The quantitative estimate of drug-likeness (QED) is 0.817. The Kier molecular flexibility index (Phi) is 5.25. The molecule has 28 heavy (non-hydrogen) atoms. The molecule has 1 aliphatic heterocycles. The fourth-order valence-electron chi connectivity index (χ4n) is 3.07. The fourth-order valence-corrected chi connectivity index (χ4v) is 3.07. The number of aromatic nitrogens is 3. The molecule has 1 atom stereocenters. The van der Waals surface area contributed by atoms with Crippen LogP contribution in [0.25, 0.3) is 0 Å². The highest BCUT2D eigenvalue weighted by Crippen LogP contribution is 2.35. The Hall–Kier alpha value is -3.11. The Balaban J connectivity index is 0.000000279. The number of carboxylic acid groups (broad SMARTS) is 2. The predicted octanol–water partition coefficient (Wildman–Crippen LogP) is 2.36. The molecule has 0 spiro atoms. The summed E-state index contributed by atoms with van der Waals surface area (Å²) in [4.78, 5) is 26.7. The van der Waals surface area contributed by atoms with Crippen molar-refractivity contribution in [1.29, 1.82) is 0 Å². The maximum Gasteiger partial charge on any atom is 0.490 e. The van der Waals surface area contributed by atoms with Crippen molar-refractivity contribution in [2.24, 2.45) is 0 Å². The number of hydrogen-bond donors (Lipinski definition) is 2. The summed E-state index contributed by atoms with van der Waals surface area (Å²) in [6.07, 6.45) is 3.04. The molecule has 1 aliphatic carbocycles. The van der Waals surface area contributed by atoms with Gasteiger partial charge in [0.1, 0.15) is 5.82 Å². The van der Waals surface area contributed by atoms with E-state index < -0.39 is 18.1 Å². The molecule has 2 aromatic heterocycles. The van der Waals surface area contributed by atoms with E-state index in [0.717, 1.165) is 31.7 Å². The largest absolute Gasteiger partial charge is 0.490 e. The van der Waals surface area contributed by atoms with Crippen LogP contribution in [0.1, 0.15) is 40.4 Å². The Morgan fingerprint density at radius 2 is 1.86 bits per heavy atom. The zero-order valence-electron chi connectivity index (χ0n) is 14.6. The van der Waals surface area contributed by atoms with Gasteiger partial charge in [0, 0.05) is 25.5 Å². The van der Waals surface area contributed by atoms with Gasteiger partial charge in [0.2, 0.25) is 0 Å². The van der Waals surface area contributed by atoms with Gasteiger partial charge in [0.25, 0.3) is 0 Å². The molecule has 4 rings (SSSR count). The lowest BCUT2D eigenvalue weighted by molar-refractivity contribution is -0.192. The third-order valence-electron chi connectivity index (χ3n) is 4.65. The summed E-state index contributed by atoms with van der Waals surface area (Å²) in [5, 5.41) is 20.3. The lowest BCUT2D eigenvalue weighted by atomic mass is 10.1. The summed E-state index contributed by atoms with van der Waals surface area (Å²) in [6.45, 7) is 2.19. The molecule has 2 aromatic rings. The van der Waals surface area contributed by atoms with Gasteiger partial charge in [-0.1, -0.05) is 0 Å². The maximum atomic E-state index is 11.0. The molecule has 0 amide bonds. The number of nitrogens with zero attached hydrogens (tertiary/aromatic N) is 4. The first-order valence-corrected chi connectivity index (χ1v) is 8.48. The second kappa shape index (κ2) is 7.49. The summed E-state index contributed by atoms with van der Waals surface area (Å²) in [5.74, 6) is -2.63. The van der Waals surface area contributed by atoms with Gasteiger partial charge in [-0.2, -0.15) is 18.3 Å². The lowest BCUT2D eigenvalue weighted by Crippen LogP contribution is -2.37. The van der Waals surface area contributed by atoms with Crippen LogP contribution in [0.5, 0.6) is 0 Å². The number of carboxylic acids is 2. The summed E-state index contributed by atoms with van der Waals surface area (Å²) in [7, 11) is 0. The smallest absolute Gasteiger partial charge is 0.478 e. The number of carbonyl (C=O) groups is 2. The Labute approximate surface area is 157 Å². The van der Waals surface area contributed by atoms with E-state index in [9.17, 15) is 18.0 Å². The molecular weight excluding hydrogens is 381 g/mol. The van der Waals surface area contributed by atoms with Gasteiger partial charge in [0.15, 0.2) is 0 Å². The Bertz CT molecular complexity index is 893. The van der Waals surface area contributed by atoms with Gasteiger partial charge in [-0.15, -0.1) is 0 Å². The molecule has 2 N–H and O–H groups in total. The molecule has 1 fully saturated rings. The number of aromatic carboxylic acids is 1. The van der Waals surface area contributed by atoms with Crippen LogP contribution in [0.3, 0.4) is 0 Å². The van der Waals surface area contributed by atoms with Gasteiger partial charge < -0.3 is 15.1 Å². The van der Waals surface area contributed by atoms with Crippen LogP contribution >= 0.6 is 0 Å². The van der Waals surface area contributed by atoms with Crippen molar-refractivity contribution in [3.63, 3.8) is 0 Å².